The molecular weight excluding hydrogens is 425 g/mol. The van der Waals surface area contributed by atoms with Gasteiger partial charge in [-0.1, -0.05) is 36.4 Å². The molecule has 4 rings (SSSR count). The molecule has 0 fully saturated rings. The van der Waals surface area contributed by atoms with Crippen LogP contribution in [0.2, 0.25) is 0 Å². The fraction of sp³-hybridized carbons (Fsp3) is 0.174. The van der Waals surface area contributed by atoms with E-state index >= 15 is 0 Å². The Morgan fingerprint density at radius 3 is 2.42 bits per heavy atom. The molecule has 0 amide bonds. The Labute approximate surface area is 181 Å². The molecular formula is C23H19F3N2O2S. The lowest BCUT2D eigenvalue weighted by molar-refractivity contribution is -0.256. The number of hydrogen-bond donors (Lipinski definition) is 1. The molecule has 0 radical (unpaired) electrons. The van der Waals surface area contributed by atoms with E-state index in [9.17, 15) is 18.3 Å². The van der Waals surface area contributed by atoms with E-state index in [0.29, 0.717) is 21.5 Å². The second-order valence-electron chi connectivity index (χ2n) is 6.96. The molecule has 1 N–H and O–H groups in total. The second-order valence-corrected chi connectivity index (χ2v) is 7.98. The van der Waals surface area contributed by atoms with Gasteiger partial charge in [0.1, 0.15) is 5.75 Å². The highest BCUT2D eigenvalue weighted by Gasteiger charge is 2.55. The van der Waals surface area contributed by atoms with Crippen LogP contribution in [0, 0.1) is 0 Å². The number of thioether (sulfide) groups is 1. The fourth-order valence-electron chi connectivity index (χ4n) is 3.31. The SMILES string of the molecule is COc1ccccc1SCC(O)(c1ccc2c(cnn2-c2ccccc2)c1)C(F)(F)F. The number of aliphatic hydroxyl groups is 1. The lowest BCUT2D eigenvalue weighted by Gasteiger charge is -2.31. The van der Waals surface area contributed by atoms with Gasteiger partial charge in [0, 0.05) is 16.0 Å². The molecule has 1 unspecified atom stereocenters. The topological polar surface area (TPSA) is 47.3 Å². The van der Waals surface area contributed by atoms with Crippen molar-refractivity contribution in [1.82, 2.24) is 9.78 Å². The average Bonchev–Trinajstić information content (AvgIpc) is 3.20. The van der Waals surface area contributed by atoms with Gasteiger partial charge in [0.25, 0.3) is 0 Å². The molecule has 3 aromatic carbocycles. The molecule has 0 spiro atoms. The minimum absolute atomic E-state index is 0.234. The van der Waals surface area contributed by atoms with Crippen molar-refractivity contribution in [3.8, 4) is 11.4 Å². The number of ether oxygens (including phenoxy) is 1. The maximum Gasteiger partial charge on any atom is 0.422 e. The molecule has 0 aliphatic heterocycles. The highest BCUT2D eigenvalue weighted by atomic mass is 32.2. The summed E-state index contributed by atoms with van der Waals surface area (Å²) in [4.78, 5) is 0.519. The highest BCUT2D eigenvalue weighted by Crippen LogP contribution is 2.44. The van der Waals surface area contributed by atoms with Crippen LogP contribution in [0.4, 0.5) is 13.2 Å². The van der Waals surface area contributed by atoms with Crippen molar-refractivity contribution in [3.05, 3.63) is 84.6 Å². The summed E-state index contributed by atoms with van der Waals surface area (Å²) in [6.45, 7) is 0. The van der Waals surface area contributed by atoms with Gasteiger partial charge in [-0.2, -0.15) is 18.3 Å². The molecule has 1 atom stereocenters. The third kappa shape index (κ3) is 4.00. The Morgan fingerprint density at radius 1 is 1.00 bits per heavy atom. The first-order chi connectivity index (χ1) is 14.8. The molecule has 0 bridgehead atoms. The van der Waals surface area contributed by atoms with Crippen molar-refractivity contribution in [1.29, 1.82) is 0 Å². The predicted octanol–water partition coefficient (Wildman–Crippen LogP) is 5.58. The van der Waals surface area contributed by atoms with E-state index in [1.54, 1.807) is 35.0 Å². The first-order valence-corrected chi connectivity index (χ1v) is 10.4. The Hall–Kier alpha value is -2.97. The van der Waals surface area contributed by atoms with Gasteiger partial charge >= 0.3 is 6.18 Å². The van der Waals surface area contributed by atoms with Gasteiger partial charge in [0.2, 0.25) is 0 Å². The molecule has 160 valence electrons. The number of alkyl halides is 3. The number of nitrogens with zero attached hydrogens (tertiary/aromatic N) is 2. The zero-order valence-electron chi connectivity index (χ0n) is 16.5. The van der Waals surface area contributed by atoms with Crippen LogP contribution in [-0.2, 0) is 5.60 Å². The standard InChI is InChI=1S/C23H19F3N2O2S/c1-30-20-9-5-6-10-21(20)31-15-22(29,23(24,25)26)17-11-12-19-16(13-17)14-27-28(19)18-7-3-2-4-8-18/h2-14,29H,15H2,1H3. The fourth-order valence-corrected chi connectivity index (χ4v) is 4.48. The van der Waals surface area contributed by atoms with Crippen molar-refractivity contribution in [3.63, 3.8) is 0 Å². The van der Waals surface area contributed by atoms with Crippen molar-refractivity contribution in [2.75, 3.05) is 12.9 Å². The van der Waals surface area contributed by atoms with E-state index < -0.39 is 17.5 Å². The molecule has 4 nitrogen and oxygen atoms in total. The number of para-hydroxylation sites is 2. The Bertz CT molecular complexity index is 1190. The summed E-state index contributed by atoms with van der Waals surface area (Å²) in [5, 5.41) is 15.6. The third-order valence-electron chi connectivity index (χ3n) is 5.02. The second kappa shape index (κ2) is 8.28. The minimum atomic E-state index is -4.87. The first kappa shape index (κ1) is 21.3. The van der Waals surface area contributed by atoms with Crippen LogP contribution >= 0.6 is 11.8 Å². The van der Waals surface area contributed by atoms with Crippen molar-refractivity contribution < 1.29 is 23.0 Å². The first-order valence-electron chi connectivity index (χ1n) is 9.42. The average molecular weight is 444 g/mol. The summed E-state index contributed by atoms with van der Waals surface area (Å²) in [5.74, 6) is -0.161. The molecule has 0 saturated carbocycles. The highest BCUT2D eigenvalue weighted by molar-refractivity contribution is 7.99. The number of fused-ring (bicyclic) bond motifs is 1. The van der Waals surface area contributed by atoms with Crippen LogP contribution in [0.15, 0.2) is 83.9 Å². The van der Waals surface area contributed by atoms with Gasteiger partial charge in [-0.15, -0.1) is 11.8 Å². The minimum Gasteiger partial charge on any atom is -0.496 e. The zero-order chi connectivity index (χ0) is 22.1. The van der Waals surface area contributed by atoms with E-state index in [1.807, 2.05) is 30.3 Å². The van der Waals surface area contributed by atoms with E-state index in [1.165, 1.54) is 25.4 Å². The number of halogens is 3. The zero-order valence-corrected chi connectivity index (χ0v) is 17.3. The number of aromatic nitrogens is 2. The summed E-state index contributed by atoms with van der Waals surface area (Å²) in [5.41, 5.74) is -1.83. The van der Waals surface area contributed by atoms with Crippen molar-refractivity contribution in [2.45, 2.75) is 16.7 Å². The smallest absolute Gasteiger partial charge is 0.422 e. The van der Waals surface area contributed by atoms with Gasteiger partial charge in [-0.25, -0.2) is 4.68 Å². The van der Waals surface area contributed by atoms with E-state index in [2.05, 4.69) is 5.10 Å². The molecule has 8 heteroatoms. The van der Waals surface area contributed by atoms with Crippen LogP contribution in [0.3, 0.4) is 0 Å². The molecule has 31 heavy (non-hydrogen) atoms. The molecule has 1 heterocycles. The van der Waals surface area contributed by atoms with Gasteiger partial charge in [0.15, 0.2) is 5.60 Å². The van der Waals surface area contributed by atoms with E-state index in [-0.39, 0.29) is 5.56 Å². The monoisotopic (exact) mass is 444 g/mol. The molecule has 0 aliphatic rings. The Balaban J connectivity index is 1.71. The lowest BCUT2D eigenvalue weighted by Crippen LogP contribution is -2.44. The maximum atomic E-state index is 14.0. The molecule has 0 aliphatic carbocycles. The Morgan fingerprint density at radius 2 is 1.71 bits per heavy atom. The van der Waals surface area contributed by atoms with Gasteiger partial charge in [0.05, 0.1) is 24.5 Å². The lowest BCUT2D eigenvalue weighted by atomic mass is 9.94. The van der Waals surface area contributed by atoms with Crippen molar-refractivity contribution >= 4 is 22.7 Å². The third-order valence-corrected chi connectivity index (χ3v) is 6.23. The summed E-state index contributed by atoms with van der Waals surface area (Å²) < 4.78 is 48.9. The van der Waals surface area contributed by atoms with Gasteiger partial charge < -0.3 is 9.84 Å². The summed E-state index contributed by atoms with van der Waals surface area (Å²) in [6.07, 6.45) is -3.37. The predicted molar refractivity (Wildman–Crippen MR) is 115 cm³/mol. The van der Waals surface area contributed by atoms with Crippen LogP contribution in [-0.4, -0.2) is 33.9 Å². The summed E-state index contributed by atoms with van der Waals surface area (Å²) >= 11 is 0.892. The van der Waals surface area contributed by atoms with Crippen LogP contribution in [0.5, 0.6) is 5.75 Å². The van der Waals surface area contributed by atoms with E-state index in [0.717, 1.165) is 17.4 Å². The van der Waals surface area contributed by atoms with Gasteiger partial charge in [-0.05, 0) is 42.0 Å². The molecule has 1 aromatic heterocycles. The van der Waals surface area contributed by atoms with Crippen LogP contribution < -0.4 is 4.74 Å². The van der Waals surface area contributed by atoms with Crippen LogP contribution in [0.1, 0.15) is 5.56 Å². The largest absolute Gasteiger partial charge is 0.496 e. The summed E-state index contributed by atoms with van der Waals surface area (Å²) in [7, 11) is 1.45. The number of rotatable bonds is 6. The van der Waals surface area contributed by atoms with Crippen molar-refractivity contribution in [2.24, 2.45) is 0 Å². The molecule has 4 aromatic rings. The van der Waals surface area contributed by atoms with E-state index in [4.69, 9.17) is 4.74 Å². The number of benzene rings is 3. The Kier molecular flexibility index (Phi) is 5.68. The summed E-state index contributed by atoms with van der Waals surface area (Å²) in [6, 6.07) is 20.3. The maximum absolute atomic E-state index is 14.0. The normalized spacial score (nSPS) is 13.8. The number of hydrogen-bond acceptors (Lipinski definition) is 4. The number of methoxy groups -OCH3 is 1. The van der Waals surface area contributed by atoms with Crippen LogP contribution in [0.25, 0.3) is 16.6 Å². The quantitative estimate of drug-likeness (QED) is 0.395. The molecule has 0 saturated heterocycles. The van der Waals surface area contributed by atoms with Gasteiger partial charge in [-0.3, -0.25) is 0 Å².